The van der Waals surface area contributed by atoms with Crippen LogP contribution in [-0.4, -0.2) is 30.6 Å². The summed E-state index contributed by atoms with van der Waals surface area (Å²) in [4.78, 5) is 11.0. The molecule has 0 fully saturated rings. The standard InChI is InChI=1S/C16H13N7S/c1-10-7-8-17-15(9-10)19-14-4-2-3-11(18-14)12-5-6-13(24-12)16-20-22-23-21-16/h2-9H,1H3,(H,17,18,19)(H,20,21,22,23). The third-order valence-electron chi connectivity index (χ3n) is 3.36. The van der Waals surface area contributed by atoms with Gasteiger partial charge in [-0.3, -0.25) is 0 Å². The maximum Gasteiger partial charge on any atom is 0.189 e. The van der Waals surface area contributed by atoms with Crippen molar-refractivity contribution in [3.63, 3.8) is 0 Å². The number of aromatic nitrogens is 6. The molecule has 0 saturated heterocycles. The Kier molecular flexibility index (Phi) is 3.72. The Hall–Kier alpha value is -3.13. The summed E-state index contributed by atoms with van der Waals surface area (Å²) in [6, 6.07) is 13.8. The average molecular weight is 335 g/mol. The first-order valence-electron chi connectivity index (χ1n) is 7.29. The number of aryl methyl sites for hydroxylation is 1. The molecule has 7 nitrogen and oxygen atoms in total. The lowest BCUT2D eigenvalue weighted by Gasteiger charge is -2.06. The van der Waals surface area contributed by atoms with Crippen LogP contribution in [0.5, 0.6) is 0 Å². The highest BCUT2D eigenvalue weighted by molar-refractivity contribution is 7.18. The van der Waals surface area contributed by atoms with Gasteiger partial charge in [-0.2, -0.15) is 0 Å². The molecule has 24 heavy (non-hydrogen) atoms. The van der Waals surface area contributed by atoms with E-state index in [9.17, 15) is 0 Å². The van der Waals surface area contributed by atoms with Crippen molar-refractivity contribution in [1.82, 2.24) is 30.6 Å². The fourth-order valence-electron chi connectivity index (χ4n) is 2.24. The van der Waals surface area contributed by atoms with Crippen LogP contribution < -0.4 is 5.32 Å². The number of anilines is 2. The first-order chi connectivity index (χ1) is 11.8. The summed E-state index contributed by atoms with van der Waals surface area (Å²) >= 11 is 1.58. The Balaban J connectivity index is 1.61. The third-order valence-corrected chi connectivity index (χ3v) is 4.47. The van der Waals surface area contributed by atoms with Crippen LogP contribution in [0.15, 0.2) is 48.7 Å². The zero-order chi connectivity index (χ0) is 16.4. The molecule has 0 amide bonds. The van der Waals surface area contributed by atoms with Gasteiger partial charge in [0.2, 0.25) is 0 Å². The molecule has 4 aromatic rings. The van der Waals surface area contributed by atoms with E-state index in [-0.39, 0.29) is 0 Å². The van der Waals surface area contributed by atoms with Crippen LogP contribution in [0.3, 0.4) is 0 Å². The molecule has 4 aromatic heterocycles. The average Bonchev–Trinajstić information content (AvgIpc) is 3.27. The van der Waals surface area contributed by atoms with Crippen molar-refractivity contribution in [2.45, 2.75) is 6.92 Å². The van der Waals surface area contributed by atoms with E-state index in [1.807, 2.05) is 49.4 Å². The number of H-pyrrole nitrogens is 1. The van der Waals surface area contributed by atoms with E-state index < -0.39 is 0 Å². The molecular weight excluding hydrogens is 322 g/mol. The summed E-state index contributed by atoms with van der Waals surface area (Å²) in [5.74, 6) is 2.19. The van der Waals surface area contributed by atoms with Gasteiger partial charge >= 0.3 is 0 Å². The lowest BCUT2D eigenvalue weighted by Crippen LogP contribution is -1.96. The predicted molar refractivity (Wildman–Crippen MR) is 93.0 cm³/mol. The number of hydrogen-bond donors (Lipinski definition) is 2. The van der Waals surface area contributed by atoms with Gasteiger partial charge < -0.3 is 5.32 Å². The van der Waals surface area contributed by atoms with E-state index in [0.29, 0.717) is 5.82 Å². The van der Waals surface area contributed by atoms with Crippen molar-refractivity contribution in [3.8, 4) is 21.3 Å². The molecule has 0 radical (unpaired) electrons. The van der Waals surface area contributed by atoms with Crippen molar-refractivity contribution in [2.24, 2.45) is 0 Å². The molecule has 0 unspecified atom stereocenters. The smallest absolute Gasteiger partial charge is 0.189 e. The lowest BCUT2D eigenvalue weighted by atomic mass is 10.3. The molecule has 2 N–H and O–H groups in total. The van der Waals surface area contributed by atoms with E-state index in [1.54, 1.807) is 17.5 Å². The number of rotatable bonds is 4. The number of nitrogens with zero attached hydrogens (tertiary/aromatic N) is 5. The van der Waals surface area contributed by atoms with Gasteiger partial charge in [-0.05, 0) is 59.3 Å². The highest BCUT2D eigenvalue weighted by atomic mass is 32.1. The Labute approximate surface area is 141 Å². The van der Waals surface area contributed by atoms with E-state index in [2.05, 4.69) is 35.9 Å². The summed E-state index contributed by atoms with van der Waals surface area (Å²) in [6.07, 6.45) is 1.78. The molecular formula is C16H13N7S. The number of pyridine rings is 2. The van der Waals surface area contributed by atoms with Crippen molar-refractivity contribution < 1.29 is 0 Å². The highest BCUT2D eigenvalue weighted by Gasteiger charge is 2.09. The highest BCUT2D eigenvalue weighted by Crippen LogP contribution is 2.32. The minimum absolute atomic E-state index is 0.657. The van der Waals surface area contributed by atoms with E-state index >= 15 is 0 Å². The molecule has 118 valence electrons. The van der Waals surface area contributed by atoms with Gasteiger partial charge in [0.25, 0.3) is 0 Å². The summed E-state index contributed by atoms with van der Waals surface area (Å²) in [5, 5.41) is 17.1. The number of nitrogens with one attached hydrogen (secondary N) is 2. The van der Waals surface area contributed by atoms with Gasteiger partial charge in [0.15, 0.2) is 5.82 Å². The normalized spacial score (nSPS) is 10.7. The number of tetrazole rings is 1. The molecule has 0 atom stereocenters. The van der Waals surface area contributed by atoms with Gasteiger partial charge in [-0.15, -0.1) is 16.4 Å². The van der Waals surface area contributed by atoms with Crippen LogP contribution in [0.1, 0.15) is 5.56 Å². The Bertz CT molecular complexity index is 962. The lowest BCUT2D eigenvalue weighted by molar-refractivity contribution is 0.881. The summed E-state index contributed by atoms with van der Waals surface area (Å²) in [5.41, 5.74) is 2.03. The fourth-order valence-corrected chi connectivity index (χ4v) is 3.15. The van der Waals surface area contributed by atoms with E-state index in [0.717, 1.165) is 32.6 Å². The van der Waals surface area contributed by atoms with Crippen LogP contribution in [0.2, 0.25) is 0 Å². The van der Waals surface area contributed by atoms with E-state index in [4.69, 9.17) is 0 Å². The van der Waals surface area contributed by atoms with Crippen LogP contribution >= 0.6 is 11.3 Å². The monoisotopic (exact) mass is 335 g/mol. The molecule has 0 spiro atoms. The van der Waals surface area contributed by atoms with Gasteiger partial charge in [-0.25, -0.2) is 15.1 Å². The minimum atomic E-state index is 0.657. The molecule has 0 aromatic carbocycles. The van der Waals surface area contributed by atoms with Gasteiger partial charge in [0, 0.05) is 6.20 Å². The number of hydrogen-bond acceptors (Lipinski definition) is 7. The van der Waals surface area contributed by atoms with Crippen molar-refractivity contribution in [3.05, 3.63) is 54.2 Å². The maximum atomic E-state index is 4.66. The Morgan fingerprint density at radius 3 is 2.79 bits per heavy atom. The van der Waals surface area contributed by atoms with E-state index in [1.165, 1.54) is 0 Å². The zero-order valence-electron chi connectivity index (χ0n) is 12.8. The van der Waals surface area contributed by atoms with Crippen molar-refractivity contribution in [1.29, 1.82) is 0 Å². The topological polar surface area (TPSA) is 92.3 Å². The fraction of sp³-hybridized carbons (Fsp3) is 0.0625. The van der Waals surface area contributed by atoms with Crippen LogP contribution in [0, 0.1) is 6.92 Å². The number of aromatic amines is 1. The molecule has 0 aliphatic heterocycles. The van der Waals surface area contributed by atoms with Crippen LogP contribution in [0.4, 0.5) is 11.6 Å². The molecule has 4 rings (SSSR count). The SMILES string of the molecule is Cc1ccnc(Nc2cccc(-c3ccc(-c4nnn[nH]4)s3)n2)c1. The number of thiophene rings is 1. The molecule has 0 saturated carbocycles. The summed E-state index contributed by atoms with van der Waals surface area (Å²) in [6.45, 7) is 2.03. The third kappa shape index (κ3) is 2.99. The Morgan fingerprint density at radius 1 is 1.04 bits per heavy atom. The second-order valence-corrected chi connectivity index (χ2v) is 6.25. The van der Waals surface area contributed by atoms with Crippen molar-refractivity contribution in [2.75, 3.05) is 5.32 Å². The second kappa shape index (κ2) is 6.17. The minimum Gasteiger partial charge on any atom is -0.325 e. The van der Waals surface area contributed by atoms with Gasteiger partial charge in [-0.1, -0.05) is 6.07 Å². The quantitative estimate of drug-likeness (QED) is 0.593. The summed E-state index contributed by atoms with van der Waals surface area (Å²) in [7, 11) is 0. The maximum absolute atomic E-state index is 4.66. The zero-order valence-corrected chi connectivity index (χ0v) is 13.6. The predicted octanol–water partition coefficient (Wildman–Crippen LogP) is 3.44. The first-order valence-corrected chi connectivity index (χ1v) is 8.11. The molecule has 8 heteroatoms. The van der Waals surface area contributed by atoms with Gasteiger partial charge in [0.05, 0.1) is 15.4 Å². The van der Waals surface area contributed by atoms with Crippen LogP contribution in [0.25, 0.3) is 21.3 Å². The first kappa shape index (κ1) is 14.5. The second-order valence-electron chi connectivity index (χ2n) is 5.17. The molecule has 0 bridgehead atoms. The van der Waals surface area contributed by atoms with Crippen molar-refractivity contribution >= 4 is 23.0 Å². The van der Waals surface area contributed by atoms with Gasteiger partial charge in [0.1, 0.15) is 11.6 Å². The summed E-state index contributed by atoms with van der Waals surface area (Å²) < 4.78 is 0. The Morgan fingerprint density at radius 2 is 1.96 bits per heavy atom. The van der Waals surface area contributed by atoms with Crippen LogP contribution in [-0.2, 0) is 0 Å². The molecule has 4 heterocycles. The molecule has 0 aliphatic rings. The largest absolute Gasteiger partial charge is 0.325 e. The molecule has 0 aliphatic carbocycles.